The minimum absolute atomic E-state index is 0.212. The molecule has 0 saturated heterocycles. The van der Waals surface area contributed by atoms with Gasteiger partial charge in [0.05, 0.1) is 35.7 Å². The Morgan fingerprint density at radius 1 is 1.08 bits per heavy atom. The summed E-state index contributed by atoms with van der Waals surface area (Å²) >= 11 is 1.13. The molecule has 3 heterocycles. The van der Waals surface area contributed by atoms with Gasteiger partial charge in [-0.25, -0.2) is 9.79 Å². The van der Waals surface area contributed by atoms with Crippen molar-refractivity contribution in [3.05, 3.63) is 90.6 Å². The molecule has 0 saturated carbocycles. The van der Waals surface area contributed by atoms with Crippen molar-refractivity contribution in [3.63, 3.8) is 0 Å². The number of hydrogen-bond donors (Lipinski definition) is 0. The van der Waals surface area contributed by atoms with Gasteiger partial charge < -0.3 is 14.4 Å². The monoisotopic (exact) mass is 545 g/mol. The number of ether oxygens (including phenoxy) is 2. The van der Waals surface area contributed by atoms with Gasteiger partial charge in [0.15, 0.2) is 4.80 Å². The van der Waals surface area contributed by atoms with Gasteiger partial charge in [-0.3, -0.25) is 19.0 Å². The molecule has 0 aliphatic carbocycles. The molecule has 200 valence electrons. The predicted octanol–water partition coefficient (Wildman–Crippen LogP) is 2.85. The lowest BCUT2D eigenvalue weighted by Crippen LogP contribution is -2.40. The largest absolute Gasteiger partial charge is 0.466 e. The normalized spacial score (nSPS) is 17.5. The number of carbonyl (C=O) groups is 3. The van der Waals surface area contributed by atoms with Gasteiger partial charge in [0, 0.05) is 19.0 Å². The highest BCUT2D eigenvalue weighted by Gasteiger charge is 2.37. The molecule has 0 unspecified atom stereocenters. The lowest BCUT2D eigenvalue weighted by Gasteiger charge is -2.24. The number of anilines is 1. The summed E-state index contributed by atoms with van der Waals surface area (Å²) in [6.07, 6.45) is 1.76. The van der Waals surface area contributed by atoms with Crippen LogP contribution in [0.3, 0.4) is 0 Å². The third kappa shape index (κ3) is 4.50. The number of hydrogen-bond acceptors (Lipinski definition) is 8. The van der Waals surface area contributed by atoms with Gasteiger partial charge in [-0.15, -0.1) is 0 Å². The molecule has 39 heavy (non-hydrogen) atoms. The molecule has 10 heteroatoms. The quantitative estimate of drug-likeness (QED) is 0.348. The first-order valence-corrected chi connectivity index (χ1v) is 13.4. The van der Waals surface area contributed by atoms with Crippen LogP contribution in [0.25, 0.3) is 5.57 Å². The third-order valence-electron chi connectivity index (χ3n) is 6.75. The number of carbonyl (C=O) groups excluding carboxylic acids is 3. The van der Waals surface area contributed by atoms with Gasteiger partial charge in [0.25, 0.3) is 11.5 Å². The summed E-state index contributed by atoms with van der Waals surface area (Å²) in [5, 5.41) is 0. The first-order valence-electron chi connectivity index (χ1n) is 12.6. The molecule has 0 bridgehead atoms. The average molecular weight is 546 g/mol. The van der Waals surface area contributed by atoms with E-state index in [9.17, 15) is 19.2 Å². The number of para-hydroxylation sites is 1. The minimum atomic E-state index is -0.850. The van der Waals surface area contributed by atoms with Crippen LogP contribution in [0.4, 0.5) is 5.69 Å². The Hall–Kier alpha value is -4.31. The molecule has 0 N–H and O–H groups in total. The second-order valence-corrected chi connectivity index (χ2v) is 10.2. The van der Waals surface area contributed by atoms with Crippen LogP contribution in [0.1, 0.15) is 50.8 Å². The molecular formula is C29H27N3O6S. The van der Waals surface area contributed by atoms with Crippen molar-refractivity contribution >= 4 is 40.4 Å². The molecule has 2 aliphatic heterocycles. The summed E-state index contributed by atoms with van der Waals surface area (Å²) in [7, 11) is 1.27. The molecule has 3 aromatic rings. The molecule has 0 radical (unpaired) electrons. The molecule has 1 amide bonds. The van der Waals surface area contributed by atoms with Gasteiger partial charge >= 0.3 is 11.9 Å². The van der Waals surface area contributed by atoms with Gasteiger partial charge in [-0.2, -0.15) is 0 Å². The number of allylic oxidation sites excluding steroid dienone is 1. The summed E-state index contributed by atoms with van der Waals surface area (Å²) in [5.74, 6) is -0.961. The van der Waals surface area contributed by atoms with E-state index < -0.39 is 23.5 Å². The number of amides is 1. The number of benzene rings is 2. The Bertz CT molecular complexity index is 1710. The first kappa shape index (κ1) is 26.3. The Balaban J connectivity index is 1.75. The van der Waals surface area contributed by atoms with E-state index in [1.54, 1.807) is 36.1 Å². The zero-order valence-electron chi connectivity index (χ0n) is 22.0. The zero-order chi connectivity index (χ0) is 27.8. The Morgan fingerprint density at radius 3 is 2.46 bits per heavy atom. The molecule has 9 nitrogen and oxygen atoms in total. The van der Waals surface area contributed by atoms with Gasteiger partial charge in [0.1, 0.15) is 10.3 Å². The van der Waals surface area contributed by atoms with Crippen molar-refractivity contribution in [2.24, 2.45) is 4.99 Å². The number of nitrogens with zero attached hydrogens (tertiary/aromatic N) is 3. The van der Waals surface area contributed by atoms with Crippen LogP contribution < -0.4 is 24.5 Å². The number of esters is 2. The molecule has 1 atom stereocenters. The van der Waals surface area contributed by atoms with Gasteiger partial charge in [0.2, 0.25) is 0 Å². The Labute approximate surface area is 228 Å². The maximum atomic E-state index is 14.1. The molecule has 1 aromatic heterocycles. The predicted molar refractivity (Wildman–Crippen MR) is 146 cm³/mol. The number of fused-ring (bicyclic) bond motifs is 2. The molecule has 0 spiro atoms. The van der Waals surface area contributed by atoms with Crippen molar-refractivity contribution in [2.45, 2.75) is 39.7 Å². The number of methoxy groups -OCH3 is 1. The number of aromatic nitrogens is 1. The highest BCUT2D eigenvalue weighted by molar-refractivity contribution is 7.07. The van der Waals surface area contributed by atoms with Crippen LogP contribution >= 0.6 is 11.3 Å². The number of rotatable bonds is 6. The van der Waals surface area contributed by atoms with Crippen molar-refractivity contribution in [1.29, 1.82) is 0 Å². The van der Waals surface area contributed by atoms with E-state index in [1.165, 1.54) is 18.6 Å². The average Bonchev–Trinajstić information content (AvgIpc) is 3.38. The third-order valence-corrected chi connectivity index (χ3v) is 7.80. The van der Waals surface area contributed by atoms with E-state index in [0.717, 1.165) is 29.9 Å². The van der Waals surface area contributed by atoms with E-state index >= 15 is 0 Å². The highest BCUT2D eigenvalue weighted by Crippen LogP contribution is 2.36. The van der Waals surface area contributed by atoms with Crippen LogP contribution in [0.5, 0.6) is 5.75 Å². The van der Waals surface area contributed by atoms with E-state index in [0.29, 0.717) is 39.5 Å². The zero-order valence-corrected chi connectivity index (χ0v) is 22.8. The molecule has 2 aromatic carbocycles. The topological polar surface area (TPSA) is 107 Å². The summed E-state index contributed by atoms with van der Waals surface area (Å²) in [6, 6.07) is 13.2. The second kappa shape index (κ2) is 10.5. The maximum absolute atomic E-state index is 14.1. The highest BCUT2D eigenvalue weighted by atomic mass is 32.1. The van der Waals surface area contributed by atoms with Crippen molar-refractivity contribution in [2.75, 3.05) is 18.6 Å². The molecular weight excluding hydrogens is 518 g/mol. The lowest BCUT2D eigenvalue weighted by atomic mass is 9.96. The number of thiazole rings is 1. The SMILES string of the molecule is CCCCN1C(=O)C(=c2sc3n(c2=O)[C@H](c2ccc(OC(C)=O)cc2)C(C(=O)OC)=C(C)N=3)c2ccccc21. The number of unbranched alkanes of at least 4 members (excludes halogenated alkanes) is 1. The van der Waals surface area contributed by atoms with E-state index in [1.807, 2.05) is 24.3 Å². The van der Waals surface area contributed by atoms with Crippen molar-refractivity contribution in [1.82, 2.24) is 4.57 Å². The van der Waals surface area contributed by atoms with Gasteiger partial charge in [-0.05, 0) is 37.1 Å². The summed E-state index contributed by atoms with van der Waals surface area (Å²) in [6.45, 7) is 5.61. The Morgan fingerprint density at radius 2 is 1.79 bits per heavy atom. The fourth-order valence-electron chi connectivity index (χ4n) is 4.98. The van der Waals surface area contributed by atoms with Crippen LogP contribution in [0, 0.1) is 0 Å². The molecule has 2 aliphatic rings. The molecule has 5 rings (SSSR count). The first-order chi connectivity index (χ1) is 18.8. The lowest BCUT2D eigenvalue weighted by molar-refractivity contribution is -0.136. The van der Waals surface area contributed by atoms with Crippen LogP contribution in [0.2, 0.25) is 0 Å². The van der Waals surface area contributed by atoms with Crippen molar-refractivity contribution < 1.29 is 23.9 Å². The summed E-state index contributed by atoms with van der Waals surface area (Å²) < 4.78 is 11.9. The van der Waals surface area contributed by atoms with E-state index in [4.69, 9.17) is 9.47 Å². The fraction of sp³-hybridized carbons (Fsp3) is 0.276. The van der Waals surface area contributed by atoms with E-state index in [-0.39, 0.29) is 16.0 Å². The smallest absolute Gasteiger partial charge is 0.338 e. The Kier molecular flexibility index (Phi) is 7.05. The van der Waals surface area contributed by atoms with Gasteiger partial charge in [-0.1, -0.05) is 55.0 Å². The van der Waals surface area contributed by atoms with Crippen molar-refractivity contribution in [3.8, 4) is 5.75 Å². The second-order valence-electron chi connectivity index (χ2n) is 9.26. The van der Waals surface area contributed by atoms with Crippen LogP contribution in [-0.4, -0.2) is 36.1 Å². The van der Waals surface area contributed by atoms with E-state index in [2.05, 4.69) is 11.9 Å². The molecule has 0 fully saturated rings. The maximum Gasteiger partial charge on any atom is 0.338 e. The summed E-state index contributed by atoms with van der Waals surface area (Å²) in [5.41, 5.74) is 2.63. The fourth-order valence-corrected chi connectivity index (χ4v) is 6.12. The summed E-state index contributed by atoms with van der Waals surface area (Å²) in [4.78, 5) is 58.8. The van der Waals surface area contributed by atoms with Crippen LogP contribution in [0.15, 0.2) is 69.6 Å². The van der Waals surface area contributed by atoms with Crippen LogP contribution in [-0.2, 0) is 19.1 Å². The standard InChI is InChI=1S/C29H27N3O6S/c1-5-6-15-31-21-10-8-7-9-20(21)23(26(31)34)25-27(35)32-24(18-11-13-19(14-12-18)38-17(3)33)22(28(36)37-4)16(2)30-29(32)39-25/h7-14,24H,5-6,15H2,1-4H3/t24-/m1/s1. The minimum Gasteiger partial charge on any atom is -0.466 e.